The van der Waals surface area contributed by atoms with E-state index in [1.807, 2.05) is 6.07 Å². The number of hydrogen-bond acceptors (Lipinski definition) is 3. The third-order valence-corrected chi connectivity index (χ3v) is 4.08. The van der Waals surface area contributed by atoms with E-state index in [0.717, 1.165) is 18.5 Å². The van der Waals surface area contributed by atoms with E-state index in [1.54, 1.807) is 18.2 Å². The van der Waals surface area contributed by atoms with Crippen molar-refractivity contribution in [2.75, 3.05) is 11.9 Å². The molecule has 1 aromatic rings. The molecule has 1 fully saturated rings. The Bertz CT molecular complexity index is 531. The fraction of sp³-hybridized carbons (Fsp3) is 0.500. The minimum absolute atomic E-state index is 0.00221. The van der Waals surface area contributed by atoms with Crippen LogP contribution < -0.4 is 10.6 Å². The number of nitrogens with zero attached hydrogens (tertiary/aromatic N) is 1. The fourth-order valence-corrected chi connectivity index (χ4v) is 2.82. The molecule has 1 aromatic carbocycles. The summed E-state index contributed by atoms with van der Waals surface area (Å²) in [6.45, 7) is 0.221. The SMILES string of the molecule is N#Cc1ccc(NCC(=O)NC2CCCCCC2)cc1Cl. The van der Waals surface area contributed by atoms with Crippen LogP contribution >= 0.6 is 11.6 Å². The molecule has 5 heteroatoms. The van der Waals surface area contributed by atoms with Gasteiger partial charge in [0.2, 0.25) is 5.91 Å². The first kappa shape index (κ1) is 15.7. The predicted octanol–water partition coefficient (Wildman–Crippen LogP) is 3.46. The Morgan fingerprint density at radius 1 is 1.29 bits per heavy atom. The van der Waals surface area contributed by atoms with Gasteiger partial charge in [0.25, 0.3) is 0 Å². The average molecular weight is 306 g/mol. The van der Waals surface area contributed by atoms with Crippen molar-refractivity contribution in [2.24, 2.45) is 0 Å². The van der Waals surface area contributed by atoms with Crippen molar-refractivity contribution in [1.29, 1.82) is 5.26 Å². The number of nitrogens with one attached hydrogen (secondary N) is 2. The maximum atomic E-state index is 11.9. The molecule has 0 atom stereocenters. The fourth-order valence-electron chi connectivity index (χ4n) is 2.60. The van der Waals surface area contributed by atoms with Crippen LogP contribution in [0.2, 0.25) is 5.02 Å². The summed E-state index contributed by atoms with van der Waals surface area (Å²) >= 11 is 5.96. The molecule has 1 aliphatic carbocycles. The zero-order chi connectivity index (χ0) is 15.1. The third-order valence-electron chi connectivity index (χ3n) is 3.76. The Morgan fingerprint density at radius 3 is 2.62 bits per heavy atom. The van der Waals surface area contributed by atoms with Crippen LogP contribution in [0.4, 0.5) is 5.69 Å². The first-order valence-corrected chi connectivity index (χ1v) is 7.79. The molecular weight excluding hydrogens is 286 g/mol. The second kappa shape index (κ2) is 7.90. The maximum absolute atomic E-state index is 11.9. The topological polar surface area (TPSA) is 64.9 Å². The molecule has 1 aliphatic rings. The van der Waals surface area contributed by atoms with E-state index < -0.39 is 0 Å². The van der Waals surface area contributed by atoms with Gasteiger partial charge in [0, 0.05) is 11.7 Å². The van der Waals surface area contributed by atoms with Gasteiger partial charge in [-0.2, -0.15) is 5.26 Å². The van der Waals surface area contributed by atoms with Gasteiger partial charge in [-0.15, -0.1) is 0 Å². The van der Waals surface area contributed by atoms with Crippen molar-refractivity contribution in [3.05, 3.63) is 28.8 Å². The molecule has 0 heterocycles. The van der Waals surface area contributed by atoms with Crippen molar-refractivity contribution < 1.29 is 4.79 Å². The number of benzene rings is 1. The number of halogens is 1. The molecular formula is C16H20ClN3O. The molecule has 1 amide bonds. The number of amides is 1. The van der Waals surface area contributed by atoms with E-state index in [0.29, 0.717) is 16.6 Å². The number of carbonyl (C=O) groups is 1. The number of anilines is 1. The van der Waals surface area contributed by atoms with Crippen LogP contribution in [-0.2, 0) is 4.79 Å². The summed E-state index contributed by atoms with van der Waals surface area (Å²) < 4.78 is 0. The second-order valence-corrected chi connectivity index (χ2v) is 5.82. The molecule has 0 unspecified atom stereocenters. The highest BCUT2D eigenvalue weighted by atomic mass is 35.5. The van der Waals surface area contributed by atoms with Crippen molar-refractivity contribution in [1.82, 2.24) is 5.32 Å². The van der Waals surface area contributed by atoms with Crippen LogP contribution in [0.1, 0.15) is 44.1 Å². The molecule has 1 saturated carbocycles. The minimum Gasteiger partial charge on any atom is -0.376 e. The molecule has 0 radical (unpaired) electrons. The van der Waals surface area contributed by atoms with Gasteiger partial charge in [0.15, 0.2) is 0 Å². The van der Waals surface area contributed by atoms with Gasteiger partial charge in [-0.05, 0) is 31.0 Å². The molecule has 0 aliphatic heterocycles. The molecule has 0 saturated heterocycles. The van der Waals surface area contributed by atoms with E-state index in [2.05, 4.69) is 10.6 Å². The van der Waals surface area contributed by atoms with Crippen LogP contribution in [0.15, 0.2) is 18.2 Å². The van der Waals surface area contributed by atoms with Gasteiger partial charge < -0.3 is 10.6 Å². The van der Waals surface area contributed by atoms with Crippen molar-refractivity contribution in [3.8, 4) is 6.07 Å². The van der Waals surface area contributed by atoms with Crippen LogP contribution in [0.25, 0.3) is 0 Å². The van der Waals surface area contributed by atoms with Gasteiger partial charge in [-0.3, -0.25) is 4.79 Å². The molecule has 4 nitrogen and oxygen atoms in total. The Hall–Kier alpha value is -1.73. The lowest BCUT2D eigenvalue weighted by Crippen LogP contribution is -2.38. The van der Waals surface area contributed by atoms with Crippen molar-refractivity contribution in [3.63, 3.8) is 0 Å². The summed E-state index contributed by atoms with van der Waals surface area (Å²) in [7, 11) is 0. The molecule has 0 spiro atoms. The quantitative estimate of drug-likeness (QED) is 0.837. The summed E-state index contributed by atoms with van der Waals surface area (Å²) in [4.78, 5) is 11.9. The normalized spacial score (nSPS) is 15.8. The molecule has 0 bridgehead atoms. The standard InChI is InChI=1S/C16H20ClN3O/c17-15-9-14(8-7-12(15)10-18)19-11-16(21)20-13-5-3-1-2-4-6-13/h7-9,13,19H,1-6,11H2,(H,20,21). The second-order valence-electron chi connectivity index (χ2n) is 5.42. The Labute approximate surface area is 130 Å². The zero-order valence-corrected chi connectivity index (χ0v) is 12.7. The Kier molecular flexibility index (Phi) is 5.89. The van der Waals surface area contributed by atoms with Crippen molar-refractivity contribution >= 4 is 23.2 Å². The average Bonchev–Trinajstić information content (AvgIpc) is 2.74. The third kappa shape index (κ3) is 4.95. The monoisotopic (exact) mass is 305 g/mol. The van der Waals surface area contributed by atoms with E-state index in [4.69, 9.17) is 16.9 Å². The first-order valence-electron chi connectivity index (χ1n) is 7.42. The summed E-state index contributed by atoms with van der Waals surface area (Å²) in [5.74, 6) is 0.00221. The lowest BCUT2D eigenvalue weighted by atomic mass is 10.1. The Morgan fingerprint density at radius 2 is 2.00 bits per heavy atom. The van der Waals surface area contributed by atoms with Crippen LogP contribution in [0, 0.1) is 11.3 Å². The lowest BCUT2D eigenvalue weighted by Gasteiger charge is -2.16. The summed E-state index contributed by atoms with van der Waals surface area (Å²) in [6, 6.07) is 7.39. The maximum Gasteiger partial charge on any atom is 0.239 e. The number of rotatable bonds is 4. The molecule has 112 valence electrons. The number of carbonyl (C=O) groups excluding carboxylic acids is 1. The smallest absolute Gasteiger partial charge is 0.239 e. The molecule has 0 aromatic heterocycles. The molecule has 21 heavy (non-hydrogen) atoms. The minimum atomic E-state index is 0.00221. The number of hydrogen-bond donors (Lipinski definition) is 2. The zero-order valence-electron chi connectivity index (χ0n) is 12.0. The highest BCUT2D eigenvalue weighted by Gasteiger charge is 2.14. The van der Waals surface area contributed by atoms with Gasteiger partial charge in [-0.25, -0.2) is 0 Å². The highest BCUT2D eigenvalue weighted by molar-refractivity contribution is 6.32. The van der Waals surface area contributed by atoms with Gasteiger partial charge in [-0.1, -0.05) is 37.3 Å². The summed E-state index contributed by atoms with van der Waals surface area (Å²) in [5.41, 5.74) is 1.18. The summed E-state index contributed by atoms with van der Waals surface area (Å²) in [6.07, 6.45) is 7.10. The largest absolute Gasteiger partial charge is 0.376 e. The van der Waals surface area contributed by atoms with Crippen LogP contribution in [-0.4, -0.2) is 18.5 Å². The van der Waals surface area contributed by atoms with E-state index in [-0.39, 0.29) is 12.5 Å². The number of nitriles is 1. The highest BCUT2D eigenvalue weighted by Crippen LogP contribution is 2.20. The van der Waals surface area contributed by atoms with E-state index in [9.17, 15) is 4.79 Å². The van der Waals surface area contributed by atoms with Gasteiger partial charge >= 0.3 is 0 Å². The van der Waals surface area contributed by atoms with E-state index in [1.165, 1.54) is 25.7 Å². The first-order chi connectivity index (χ1) is 10.2. The Balaban J connectivity index is 1.80. The van der Waals surface area contributed by atoms with Crippen LogP contribution in [0.5, 0.6) is 0 Å². The lowest BCUT2D eigenvalue weighted by molar-refractivity contribution is -0.120. The van der Waals surface area contributed by atoms with Gasteiger partial charge in [0.1, 0.15) is 6.07 Å². The summed E-state index contributed by atoms with van der Waals surface area (Å²) in [5, 5.41) is 15.3. The van der Waals surface area contributed by atoms with Crippen LogP contribution in [0.3, 0.4) is 0 Å². The predicted molar refractivity (Wildman–Crippen MR) is 84.3 cm³/mol. The molecule has 2 rings (SSSR count). The van der Waals surface area contributed by atoms with E-state index >= 15 is 0 Å². The molecule has 2 N–H and O–H groups in total. The van der Waals surface area contributed by atoms with Crippen molar-refractivity contribution in [2.45, 2.75) is 44.6 Å². The van der Waals surface area contributed by atoms with Gasteiger partial charge in [0.05, 0.1) is 17.1 Å².